The second kappa shape index (κ2) is 6.43. The smallest absolute Gasteiger partial charge is 0.145 e. The minimum absolute atomic E-state index is 0.680. The summed E-state index contributed by atoms with van der Waals surface area (Å²) in [7, 11) is 0.862. The molecule has 0 atom stereocenters. The van der Waals surface area contributed by atoms with Crippen LogP contribution < -0.4 is 0 Å². The first kappa shape index (κ1) is 11.9. The third kappa shape index (κ3) is 4.73. The van der Waals surface area contributed by atoms with Crippen molar-refractivity contribution in [3.8, 4) is 0 Å². The topological polar surface area (TPSA) is 9.23 Å². The molecule has 0 saturated carbocycles. The zero-order chi connectivity index (χ0) is 9.56. The van der Waals surface area contributed by atoms with Crippen molar-refractivity contribution < 1.29 is 4.43 Å². The fraction of sp³-hybridized carbons (Fsp3) is 0.800. The van der Waals surface area contributed by atoms with E-state index in [-0.39, 0.29) is 0 Å². The van der Waals surface area contributed by atoms with Gasteiger partial charge in [0.25, 0.3) is 0 Å². The van der Waals surface area contributed by atoms with Gasteiger partial charge in [0.1, 0.15) is 10.5 Å². The van der Waals surface area contributed by atoms with E-state index in [1.165, 1.54) is 0 Å². The lowest BCUT2D eigenvalue weighted by atomic mass is 9.92. The Hall–Kier alpha value is -0.0831. The summed E-state index contributed by atoms with van der Waals surface area (Å²) < 4.78 is 5.15. The lowest BCUT2D eigenvalue weighted by Crippen LogP contribution is -2.02. The van der Waals surface area contributed by atoms with E-state index in [1.54, 1.807) is 5.57 Å². The molecular weight excluding hydrogens is 164 g/mol. The van der Waals surface area contributed by atoms with E-state index < -0.39 is 0 Å². The van der Waals surface area contributed by atoms with E-state index in [0.717, 1.165) is 23.5 Å². The van der Waals surface area contributed by atoms with Gasteiger partial charge in [-0.1, -0.05) is 39.3 Å². The molecule has 0 fully saturated rings. The molecule has 0 rings (SSSR count). The second-order valence-electron chi connectivity index (χ2n) is 3.79. The zero-order valence-corrected chi connectivity index (χ0v) is 11.1. The first-order chi connectivity index (χ1) is 5.59. The number of hydrogen-bond acceptors (Lipinski definition) is 1. The molecule has 1 nitrogen and oxygen atoms in total. The predicted octanol–water partition coefficient (Wildman–Crippen LogP) is 1.91. The summed E-state index contributed by atoms with van der Waals surface area (Å²) >= 11 is 0. The van der Waals surface area contributed by atoms with Crippen molar-refractivity contribution in [3.05, 3.63) is 11.6 Å². The molecule has 0 bridgehead atoms. The van der Waals surface area contributed by atoms with Gasteiger partial charge in [-0.3, -0.25) is 0 Å². The van der Waals surface area contributed by atoms with Gasteiger partial charge in [-0.15, -0.1) is 0 Å². The van der Waals surface area contributed by atoms with Crippen LogP contribution in [0.3, 0.4) is 0 Å². The minimum atomic E-state index is 0.680. The van der Waals surface area contributed by atoms with Gasteiger partial charge in [0, 0.05) is 6.61 Å². The first-order valence-corrected chi connectivity index (χ1v) is 5.60. The third-order valence-electron chi connectivity index (χ3n) is 2.04. The highest BCUT2D eigenvalue weighted by Gasteiger charge is 2.06. The van der Waals surface area contributed by atoms with Gasteiger partial charge in [0.15, 0.2) is 0 Å². The van der Waals surface area contributed by atoms with E-state index in [0.29, 0.717) is 11.8 Å². The minimum Gasteiger partial charge on any atom is -0.428 e. The van der Waals surface area contributed by atoms with Gasteiger partial charge in [-0.05, 0) is 18.3 Å². The summed E-state index contributed by atoms with van der Waals surface area (Å²) in [5.74, 6) is 1.36. The van der Waals surface area contributed by atoms with Crippen LogP contribution in [0.1, 0.15) is 34.1 Å². The van der Waals surface area contributed by atoms with E-state index >= 15 is 0 Å². The van der Waals surface area contributed by atoms with Gasteiger partial charge in [0.05, 0.1) is 0 Å². The summed E-state index contributed by atoms with van der Waals surface area (Å²) in [6.07, 6.45) is 3.42. The third-order valence-corrected chi connectivity index (χ3v) is 2.44. The molecule has 0 aliphatic heterocycles. The fourth-order valence-electron chi connectivity index (χ4n) is 1.48. The van der Waals surface area contributed by atoms with Crippen molar-refractivity contribution in [1.29, 1.82) is 0 Å². The molecule has 0 amide bonds. The molecule has 12 heavy (non-hydrogen) atoms. The molecule has 0 saturated heterocycles. The van der Waals surface area contributed by atoms with Crippen LogP contribution in [0.2, 0.25) is 0 Å². The fourth-order valence-corrected chi connectivity index (χ4v) is 1.72. The molecule has 0 radical (unpaired) electrons. The van der Waals surface area contributed by atoms with Gasteiger partial charge >= 0.3 is 0 Å². The van der Waals surface area contributed by atoms with Crippen LogP contribution in [-0.4, -0.2) is 17.1 Å². The van der Waals surface area contributed by atoms with Crippen LogP contribution in [0.5, 0.6) is 0 Å². The average molecular weight is 186 g/mol. The Morgan fingerprint density at radius 2 is 1.75 bits per heavy atom. The van der Waals surface area contributed by atoms with Crippen LogP contribution in [0.25, 0.3) is 0 Å². The molecule has 0 aromatic rings. The molecule has 0 aliphatic carbocycles. The summed E-state index contributed by atoms with van der Waals surface area (Å²) in [5, 5.41) is 0. The quantitative estimate of drug-likeness (QED) is 0.362. The van der Waals surface area contributed by atoms with Gasteiger partial charge in [0.2, 0.25) is 0 Å². The Balaban J connectivity index is 4.00. The highest BCUT2D eigenvalue weighted by Crippen LogP contribution is 2.19. The Labute approximate surface area is 79.7 Å². The van der Waals surface area contributed by atoms with Crippen molar-refractivity contribution in [1.82, 2.24) is 0 Å². The van der Waals surface area contributed by atoms with Crippen molar-refractivity contribution in [3.63, 3.8) is 0 Å². The molecule has 0 aromatic heterocycles. The SMILES string of the molecule is CC(C)C(=CCCO[SiH3])C(C)C. The molecule has 0 heterocycles. The van der Waals surface area contributed by atoms with E-state index in [2.05, 4.69) is 33.8 Å². The molecule has 0 N–H and O–H groups in total. The summed E-state index contributed by atoms with van der Waals surface area (Å²) in [5.41, 5.74) is 1.56. The summed E-state index contributed by atoms with van der Waals surface area (Å²) in [6, 6.07) is 0. The van der Waals surface area contributed by atoms with Crippen molar-refractivity contribution in [2.75, 3.05) is 6.61 Å². The van der Waals surface area contributed by atoms with Crippen LogP contribution in [0.4, 0.5) is 0 Å². The van der Waals surface area contributed by atoms with Crippen LogP contribution in [0, 0.1) is 11.8 Å². The zero-order valence-electron chi connectivity index (χ0n) is 9.05. The Kier molecular flexibility index (Phi) is 6.39. The number of rotatable bonds is 5. The first-order valence-electron chi connectivity index (χ1n) is 4.78. The van der Waals surface area contributed by atoms with Crippen LogP contribution >= 0.6 is 0 Å². The Bertz CT molecular complexity index is 129. The molecule has 72 valence electrons. The summed E-state index contributed by atoms with van der Waals surface area (Å²) in [6.45, 7) is 9.93. The lowest BCUT2D eigenvalue weighted by Gasteiger charge is -2.15. The van der Waals surface area contributed by atoms with Gasteiger partial charge in [-0.2, -0.15) is 0 Å². The average Bonchev–Trinajstić information content (AvgIpc) is 1.96. The van der Waals surface area contributed by atoms with E-state index in [4.69, 9.17) is 4.43 Å². The monoisotopic (exact) mass is 186 g/mol. The van der Waals surface area contributed by atoms with E-state index in [9.17, 15) is 0 Å². The number of allylic oxidation sites excluding steroid dienone is 1. The largest absolute Gasteiger partial charge is 0.428 e. The molecule has 2 heteroatoms. The van der Waals surface area contributed by atoms with E-state index in [1.807, 2.05) is 0 Å². The predicted molar refractivity (Wildman–Crippen MR) is 58.3 cm³/mol. The van der Waals surface area contributed by atoms with Gasteiger partial charge < -0.3 is 4.43 Å². The van der Waals surface area contributed by atoms with Crippen molar-refractivity contribution in [2.45, 2.75) is 34.1 Å². The Morgan fingerprint density at radius 1 is 1.25 bits per heavy atom. The maximum Gasteiger partial charge on any atom is 0.145 e. The second-order valence-corrected chi connectivity index (χ2v) is 4.37. The highest BCUT2D eigenvalue weighted by atomic mass is 28.2. The molecule has 0 unspecified atom stereocenters. The number of hydrogen-bond donors (Lipinski definition) is 0. The lowest BCUT2D eigenvalue weighted by molar-refractivity contribution is 0.356. The summed E-state index contributed by atoms with van der Waals surface area (Å²) in [4.78, 5) is 0. The molecular formula is C10H22OSi. The highest BCUT2D eigenvalue weighted by molar-refractivity contribution is 5.97. The normalized spacial score (nSPS) is 11.2. The van der Waals surface area contributed by atoms with Crippen LogP contribution in [0.15, 0.2) is 11.6 Å². The maximum atomic E-state index is 5.15. The van der Waals surface area contributed by atoms with Crippen molar-refractivity contribution in [2.24, 2.45) is 11.8 Å². The molecule has 0 aromatic carbocycles. The molecule has 0 aliphatic rings. The standard InChI is InChI=1S/C10H22OSi/c1-8(2)10(9(3)4)6-5-7-11-12/h6,8-9H,5,7H2,1-4,12H3. The van der Waals surface area contributed by atoms with Crippen molar-refractivity contribution >= 4 is 10.5 Å². The Morgan fingerprint density at radius 3 is 2.08 bits per heavy atom. The van der Waals surface area contributed by atoms with Gasteiger partial charge in [-0.25, -0.2) is 0 Å². The van der Waals surface area contributed by atoms with Crippen LogP contribution in [-0.2, 0) is 4.43 Å². The molecule has 0 spiro atoms. The maximum absolute atomic E-state index is 5.15.